The van der Waals surface area contributed by atoms with E-state index in [9.17, 15) is 13.2 Å². The summed E-state index contributed by atoms with van der Waals surface area (Å²) in [5.41, 5.74) is 4.17. The predicted octanol–water partition coefficient (Wildman–Crippen LogP) is 6.40. The Morgan fingerprint density at radius 1 is 0.975 bits per heavy atom. The number of likely N-dealkylation sites (tertiary alicyclic amines) is 1. The lowest BCUT2D eigenvalue weighted by atomic mass is 9.84. The summed E-state index contributed by atoms with van der Waals surface area (Å²) in [5.74, 6) is 0. The summed E-state index contributed by atoms with van der Waals surface area (Å²) in [6.45, 7) is 5.98. The lowest BCUT2D eigenvalue weighted by Crippen LogP contribution is -2.36. The minimum atomic E-state index is -3.58. The quantitative estimate of drug-likeness (QED) is 0.149. The fourth-order valence-corrected chi connectivity index (χ4v) is 7.29. The first kappa shape index (κ1) is 29.6. The molecular formula is C32H35NO5S2. The van der Waals surface area contributed by atoms with E-state index < -0.39 is 21.0 Å². The highest BCUT2D eigenvalue weighted by Gasteiger charge is 2.44. The second kappa shape index (κ2) is 13.4. The first-order valence-electron chi connectivity index (χ1n) is 13.1. The third-order valence-corrected chi connectivity index (χ3v) is 9.01. The minimum absolute atomic E-state index is 0.0433. The molecule has 0 unspecified atom stereocenters. The van der Waals surface area contributed by atoms with Gasteiger partial charge in [0.1, 0.15) is 6.61 Å². The molecule has 1 heterocycles. The normalized spacial score (nSPS) is 17.9. The van der Waals surface area contributed by atoms with Gasteiger partial charge in [-0.2, -0.15) is 8.42 Å². The molecule has 0 saturated carbocycles. The van der Waals surface area contributed by atoms with E-state index in [-0.39, 0.29) is 24.5 Å². The van der Waals surface area contributed by atoms with Crippen molar-refractivity contribution in [1.29, 1.82) is 0 Å². The molecular weight excluding hydrogens is 542 g/mol. The summed E-state index contributed by atoms with van der Waals surface area (Å²) in [4.78, 5) is 14.8. The molecule has 0 radical (unpaired) electrons. The Labute approximate surface area is 241 Å². The summed E-state index contributed by atoms with van der Waals surface area (Å²) >= 11 is 1.83. The van der Waals surface area contributed by atoms with Crippen molar-refractivity contribution >= 4 is 28.0 Å². The predicted molar refractivity (Wildman–Crippen MR) is 162 cm³/mol. The van der Waals surface area contributed by atoms with E-state index in [0.29, 0.717) is 13.0 Å². The van der Waals surface area contributed by atoms with Crippen LogP contribution in [0.5, 0.6) is 0 Å². The summed E-state index contributed by atoms with van der Waals surface area (Å²) in [7, 11) is -3.58. The maximum Gasteiger partial charge on any atom is 0.410 e. The van der Waals surface area contributed by atoms with Crippen LogP contribution in [0.2, 0.25) is 0 Å². The Kier molecular flexibility index (Phi) is 9.90. The smallest absolute Gasteiger partial charge is 0.410 e. The Hall–Kier alpha value is -3.33. The molecule has 0 aromatic heterocycles. The molecule has 0 bridgehead atoms. The molecule has 0 N–H and O–H groups in total. The van der Waals surface area contributed by atoms with Crippen LogP contribution >= 0.6 is 11.8 Å². The van der Waals surface area contributed by atoms with Crippen molar-refractivity contribution in [3.05, 3.63) is 132 Å². The van der Waals surface area contributed by atoms with Gasteiger partial charge in [-0.1, -0.05) is 110 Å². The average Bonchev–Trinajstić information content (AvgIpc) is 3.36. The number of rotatable bonds is 11. The van der Waals surface area contributed by atoms with Gasteiger partial charge < -0.3 is 9.64 Å². The molecule has 6 nitrogen and oxygen atoms in total. The zero-order valence-corrected chi connectivity index (χ0v) is 24.4. The SMILES string of the molecule is C=CCOC(=O)N1C[C@@H](SC(c2ccccc2)(c2ccccc2)c2ccccc2)C[C@H]1/C=C(\C)COS(C)(=O)=O. The van der Waals surface area contributed by atoms with E-state index in [1.165, 1.54) is 0 Å². The van der Waals surface area contributed by atoms with Gasteiger partial charge in [-0.25, -0.2) is 4.79 Å². The van der Waals surface area contributed by atoms with Crippen LogP contribution in [0, 0.1) is 0 Å². The maximum atomic E-state index is 13.1. The van der Waals surface area contributed by atoms with Gasteiger partial charge in [0.2, 0.25) is 0 Å². The highest BCUT2D eigenvalue weighted by Crippen LogP contribution is 2.52. The van der Waals surface area contributed by atoms with E-state index in [1.807, 2.05) is 36.0 Å². The van der Waals surface area contributed by atoms with Crippen molar-refractivity contribution in [2.75, 3.05) is 26.0 Å². The largest absolute Gasteiger partial charge is 0.445 e. The molecule has 40 heavy (non-hydrogen) atoms. The number of thioether (sulfide) groups is 1. The molecule has 1 aliphatic rings. The molecule has 1 amide bonds. The topological polar surface area (TPSA) is 72.9 Å². The van der Waals surface area contributed by atoms with Crippen molar-refractivity contribution in [3.8, 4) is 0 Å². The van der Waals surface area contributed by atoms with Crippen molar-refractivity contribution < 1.29 is 22.1 Å². The van der Waals surface area contributed by atoms with Crippen molar-refractivity contribution in [2.45, 2.75) is 29.4 Å². The van der Waals surface area contributed by atoms with Crippen LogP contribution in [-0.4, -0.2) is 56.7 Å². The van der Waals surface area contributed by atoms with Gasteiger partial charge in [-0.3, -0.25) is 4.18 Å². The number of benzene rings is 3. The van der Waals surface area contributed by atoms with Gasteiger partial charge in [0.25, 0.3) is 10.1 Å². The number of ether oxygens (including phenoxy) is 1. The van der Waals surface area contributed by atoms with E-state index in [4.69, 9.17) is 8.92 Å². The molecule has 210 valence electrons. The van der Waals surface area contributed by atoms with Crippen LogP contribution in [-0.2, 0) is 23.8 Å². The monoisotopic (exact) mass is 577 g/mol. The Morgan fingerprint density at radius 3 is 1.93 bits per heavy atom. The fraction of sp³-hybridized carbons (Fsp3) is 0.281. The van der Waals surface area contributed by atoms with Gasteiger partial charge in [0, 0.05) is 11.8 Å². The van der Waals surface area contributed by atoms with Crippen LogP contribution < -0.4 is 0 Å². The highest BCUT2D eigenvalue weighted by molar-refractivity contribution is 8.01. The molecule has 1 saturated heterocycles. The third-order valence-electron chi connectivity index (χ3n) is 6.73. The first-order valence-corrected chi connectivity index (χ1v) is 15.8. The van der Waals surface area contributed by atoms with Crippen molar-refractivity contribution in [1.82, 2.24) is 4.90 Å². The number of carbonyl (C=O) groups is 1. The molecule has 8 heteroatoms. The molecule has 4 rings (SSSR count). The zero-order chi connectivity index (χ0) is 28.6. The van der Waals surface area contributed by atoms with E-state index >= 15 is 0 Å². The lowest BCUT2D eigenvalue weighted by Gasteiger charge is -2.37. The Morgan fingerprint density at radius 2 is 1.48 bits per heavy atom. The van der Waals surface area contributed by atoms with Crippen LogP contribution in [0.3, 0.4) is 0 Å². The van der Waals surface area contributed by atoms with Gasteiger partial charge in [0.05, 0.1) is 23.7 Å². The second-order valence-electron chi connectivity index (χ2n) is 9.82. The third kappa shape index (κ3) is 7.24. The number of nitrogens with zero attached hydrogens (tertiary/aromatic N) is 1. The lowest BCUT2D eigenvalue weighted by molar-refractivity contribution is 0.114. The number of carbonyl (C=O) groups excluding carboxylic acids is 1. The highest BCUT2D eigenvalue weighted by atomic mass is 32.2. The average molecular weight is 578 g/mol. The van der Waals surface area contributed by atoms with E-state index in [0.717, 1.165) is 28.5 Å². The molecule has 2 atom stereocenters. The Bertz CT molecular complexity index is 1310. The van der Waals surface area contributed by atoms with E-state index in [1.54, 1.807) is 17.9 Å². The van der Waals surface area contributed by atoms with E-state index in [2.05, 4.69) is 79.4 Å². The maximum absolute atomic E-state index is 13.1. The standard InChI is InChI=1S/C32H35NO5S2/c1-4-20-37-31(34)33-23-30(22-29(33)21-25(2)24-38-40(3,35)36)39-32(26-14-8-5-9-15-26,27-16-10-6-11-17-27)28-18-12-7-13-19-28/h4-19,21,29-30H,1,20,22-24H2,2-3H3/b25-21+/t29-,30+/m1/s1. The summed E-state index contributed by atoms with van der Waals surface area (Å²) in [5, 5.41) is 0.0433. The van der Waals surface area contributed by atoms with Crippen molar-refractivity contribution in [2.24, 2.45) is 0 Å². The van der Waals surface area contributed by atoms with Crippen LogP contribution in [0.4, 0.5) is 4.79 Å². The molecule has 1 fully saturated rings. The summed E-state index contributed by atoms with van der Waals surface area (Å²) in [6, 6.07) is 31.0. The molecule has 3 aromatic rings. The van der Waals surface area contributed by atoms with Gasteiger partial charge in [-0.15, -0.1) is 11.8 Å². The number of amides is 1. The van der Waals surface area contributed by atoms with Gasteiger partial charge in [-0.05, 0) is 35.6 Å². The summed E-state index contributed by atoms with van der Waals surface area (Å²) in [6.07, 6.45) is 4.72. The Balaban J connectivity index is 1.74. The van der Waals surface area contributed by atoms with Gasteiger partial charge >= 0.3 is 6.09 Å². The fourth-order valence-electron chi connectivity index (χ4n) is 5.04. The molecule has 1 aliphatic heterocycles. The number of hydrogen-bond donors (Lipinski definition) is 0. The number of hydrogen-bond acceptors (Lipinski definition) is 6. The first-order chi connectivity index (χ1) is 19.2. The minimum Gasteiger partial charge on any atom is -0.445 e. The molecule has 3 aromatic carbocycles. The summed E-state index contributed by atoms with van der Waals surface area (Å²) < 4.78 is 33.0. The van der Waals surface area contributed by atoms with Crippen LogP contribution in [0.15, 0.2) is 115 Å². The second-order valence-corrected chi connectivity index (χ2v) is 13.0. The van der Waals surface area contributed by atoms with Gasteiger partial charge in [0.15, 0.2) is 0 Å². The zero-order valence-electron chi connectivity index (χ0n) is 22.8. The molecule has 0 spiro atoms. The van der Waals surface area contributed by atoms with Crippen molar-refractivity contribution in [3.63, 3.8) is 0 Å². The van der Waals surface area contributed by atoms with Crippen LogP contribution in [0.25, 0.3) is 0 Å². The molecule has 0 aliphatic carbocycles. The van der Waals surface area contributed by atoms with Crippen LogP contribution in [0.1, 0.15) is 30.0 Å².